The molecule has 5 heteroatoms. The van der Waals surface area contributed by atoms with Gasteiger partial charge in [-0.05, 0) is 12.3 Å². The van der Waals surface area contributed by atoms with Gasteiger partial charge in [-0.15, -0.1) is 0 Å². The summed E-state index contributed by atoms with van der Waals surface area (Å²) in [6, 6.07) is 0. The van der Waals surface area contributed by atoms with Crippen molar-refractivity contribution in [1.82, 2.24) is 20.2 Å². The molecular weight excluding hydrogens is 178 g/mol. The second-order valence-corrected chi connectivity index (χ2v) is 3.75. The van der Waals surface area contributed by atoms with E-state index in [1.54, 1.807) is 0 Å². The second-order valence-electron chi connectivity index (χ2n) is 3.75. The van der Waals surface area contributed by atoms with E-state index in [0.29, 0.717) is 17.4 Å². The average Bonchev–Trinajstić information content (AvgIpc) is 2.49. The zero-order valence-corrected chi connectivity index (χ0v) is 8.28. The molecule has 5 nitrogen and oxygen atoms in total. The predicted octanol–water partition coefficient (Wildman–Crippen LogP) is 1.13. The van der Waals surface area contributed by atoms with Gasteiger partial charge in [-0.2, -0.15) is 5.10 Å². The van der Waals surface area contributed by atoms with E-state index in [9.17, 15) is 0 Å². The maximum atomic E-state index is 5.77. The topological polar surface area (TPSA) is 80.5 Å². The molecule has 2 heterocycles. The minimum absolute atomic E-state index is 0.499. The molecule has 0 spiro atoms. The van der Waals surface area contributed by atoms with Gasteiger partial charge < -0.3 is 5.73 Å². The van der Waals surface area contributed by atoms with Crippen molar-refractivity contribution in [1.29, 1.82) is 0 Å². The van der Waals surface area contributed by atoms with Crippen molar-refractivity contribution in [3.63, 3.8) is 0 Å². The van der Waals surface area contributed by atoms with Gasteiger partial charge in [0.2, 0.25) is 0 Å². The minimum Gasteiger partial charge on any atom is -0.383 e. The van der Waals surface area contributed by atoms with E-state index in [0.717, 1.165) is 17.5 Å². The molecular formula is C9H13N5. The Labute approximate surface area is 81.7 Å². The second kappa shape index (κ2) is 3.25. The van der Waals surface area contributed by atoms with Crippen LogP contribution in [0.3, 0.4) is 0 Å². The molecule has 74 valence electrons. The van der Waals surface area contributed by atoms with Crippen LogP contribution in [-0.2, 0) is 6.42 Å². The Balaban J connectivity index is 2.55. The molecule has 0 aromatic carbocycles. The predicted molar refractivity (Wildman–Crippen MR) is 54.6 cm³/mol. The summed E-state index contributed by atoms with van der Waals surface area (Å²) in [5.74, 6) is 1.04. The molecule has 0 atom stereocenters. The van der Waals surface area contributed by atoms with Gasteiger partial charge >= 0.3 is 0 Å². The van der Waals surface area contributed by atoms with Crippen LogP contribution in [0, 0.1) is 5.92 Å². The first-order valence-electron chi connectivity index (χ1n) is 4.62. The smallest absolute Gasteiger partial charge is 0.160 e. The minimum atomic E-state index is 0.499. The van der Waals surface area contributed by atoms with E-state index in [1.165, 1.54) is 6.33 Å². The Morgan fingerprint density at radius 3 is 2.93 bits per heavy atom. The van der Waals surface area contributed by atoms with Crippen LogP contribution >= 0.6 is 0 Å². The summed E-state index contributed by atoms with van der Waals surface area (Å²) in [5, 5.41) is 7.90. The Hall–Kier alpha value is -1.65. The molecule has 2 rings (SSSR count). The number of nitrogens with one attached hydrogen (secondary N) is 1. The van der Waals surface area contributed by atoms with Crippen LogP contribution in [0.5, 0.6) is 0 Å². The zero-order chi connectivity index (χ0) is 10.1. The summed E-state index contributed by atoms with van der Waals surface area (Å²) in [6.07, 6.45) is 2.33. The van der Waals surface area contributed by atoms with E-state index < -0.39 is 0 Å². The van der Waals surface area contributed by atoms with Crippen LogP contribution in [0.4, 0.5) is 5.82 Å². The van der Waals surface area contributed by atoms with Crippen LogP contribution in [0.2, 0.25) is 0 Å². The third-order valence-corrected chi connectivity index (χ3v) is 2.06. The molecule has 0 aliphatic rings. The van der Waals surface area contributed by atoms with Gasteiger partial charge in [0.1, 0.15) is 12.1 Å². The van der Waals surface area contributed by atoms with Crippen molar-refractivity contribution < 1.29 is 0 Å². The van der Waals surface area contributed by atoms with Crippen molar-refractivity contribution in [2.24, 2.45) is 5.92 Å². The van der Waals surface area contributed by atoms with Gasteiger partial charge in [0.05, 0.1) is 11.1 Å². The number of rotatable bonds is 2. The molecule has 2 aromatic rings. The van der Waals surface area contributed by atoms with Crippen molar-refractivity contribution in [2.75, 3.05) is 5.73 Å². The summed E-state index contributed by atoms with van der Waals surface area (Å²) in [6.45, 7) is 4.28. The van der Waals surface area contributed by atoms with Crippen LogP contribution in [0.1, 0.15) is 19.5 Å². The lowest BCUT2D eigenvalue weighted by Crippen LogP contribution is -1.98. The monoisotopic (exact) mass is 191 g/mol. The lowest BCUT2D eigenvalue weighted by molar-refractivity contribution is 0.636. The number of fused-ring (bicyclic) bond motifs is 1. The van der Waals surface area contributed by atoms with Crippen molar-refractivity contribution >= 4 is 16.9 Å². The van der Waals surface area contributed by atoms with Gasteiger partial charge in [0.25, 0.3) is 0 Å². The molecule has 0 radical (unpaired) electrons. The largest absolute Gasteiger partial charge is 0.383 e. The van der Waals surface area contributed by atoms with Gasteiger partial charge in [-0.25, -0.2) is 9.97 Å². The Morgan fingerprint density at radius 1 is 1.43 bits per heavy atom. The summed E-state index contributed by atoms with van der Waals surface area (Å²) >= 11 is 0. The van der Waals surface area contributed by atoms with Gasteiger partial charge in [0, 0.05) is 0 Å². The maximum absolute atomic E-state index is 5.77. The van der Waals surface area contributed by atoms with Crippen molar-refractivity contribution in [3.8, 4) is 0 Å². The Morgan fingerprint density at radius 2 is 2.21 bits per heavy atom. The summed E-state index contributed by atoms with van der Waals surface area (Å²) in [7, 11) is 0. The van der Waals surface area contributed by atoms with Crippen molar-refractivity contribution in [2.45, 2.75) is 20.3 Å². The highest BCUT2D eigenvalue weighted by Gasteiger charge is 2.11. The maximum Gasteiger partial charge on any atom is 0.160 e. The van der Waals surface area contributed by atoms with Crippen LogP contribution in [0.15, 0.2) is 6.33 Å². The highest BCUT2D eigenvalue weighted by molar-refractivity contribution is 5.87. The fraction of sp³-hybridized carbons (Fsp3) is 0.444. The lowest BCUT2D eigenvalue weighted by Gasteiger charge is -2.01. The molecule has 0 saturated carbocycles. The number of nitrogens with two attached hydrogens (primary N) is 1. The van der Waals surface area contributed by atoms with E-state index in [1.807, 2.05) is 0 Å². The van der Waals surface area contributed by atoms with E-state index in [2.05, 4.69) is 34.0 Å². The highest BCUT2D eigenvalue weighted by Crippen LogP contribution is 2.20. The average molecular weight is 191 g/mol. The molecule has 0 aliphatic carbocycles. The zero-order valence-electron chi connectivity index (χ0n) is 8.28. The molecule has 0 bridgehead atoms. The number of hydrogen-bond donors (Lipinski definition) is 2. The first kappa shape index (κ1) is 8.93. The normalized spacial score (nSPS) is 11.4. The molecule has 3 N–H and O–H groups in total. The molecule has 0 saturated heterocycles. The number of H-pyrrole nitrogens is 1. The first-order chi connectivity index (χ1) is 6.68. The Kier molecular flexibility index (Phi) is 2.07. The summed E-state index contributed by atoms with van der Waals surface area (Å²) < 4.78 is 0. The van der Waals surface area contributed by atoms with Crippen LogP contribution in [-0.4, -0.2) is 20.2 Å². The third-order valence-electron chi connectivity index (χ3n) is 2.06. The van der Waals surface area contributed by atoms with Gasteiger partial charge in [-0.1, -0.05) is 13.8 Å². The summed E-state index contributed by atoms with van der Waals surface area (Å²) in [4.78, 5) is 8.01. The number of hydrogen-bond acceptors (Lipinski definition) is 4. The molecule has 0 aliphatic heterocycles. The number of aromatic amines is 1. The first-order valence-corrected chi connectivity index (χ1v) is 4.62. The highest BCUT2D eigenvalue weighted by atomic mass is 15.2. The fourth-order valence-electron chi connectivity index (χ4n) is 1.48. The number of anilines is 1. The van der Waals surface area contributed by atoms with Crippen LogP contribution < -0.4 is 5.73 Å². The molecule has 0 unspecified atom stereocenters. The van der Waals surface area contributed by atoms with Crippen molar-refractivity contribution in [3.05, 3.63) is 12.0 Å². The molecule has 2 aromatic heterocycles. The molecule has 0 amide bonds. The van der Waals surface area contributed by atoms with Gasteiger partial charge in [-0.3, -0.25) is 5.10 Å². The lowest BCUT2D eigenvalue weighted by atomic mass is 10.1. The SMILES string of the molecule is CC(C)Cc1n[nH]c2ncnc(N)c12. The van der Waals surface area contributed by atoms with E-state index >= 15 is 0 Å². The van der Waals surface area contributed by atoms with E-state index in [4.69, 9.17) is 5.73 Å². The number of nitrogens with zero attached hydrogens (tertiary/aromatic N) is 3. The number of aromatic nitrogens is 4. The quantitative estimate of drug-likeness (QED) is 0.745. The molecule has 14 heavy (non-hydrogen) atoms. The fourth-order valence-corrected chi connectivity index (χ4v) is 1.48. The standard InChI is InChI=1S/C9H13N5/c1-5(2)3-6-7-8(10)11-4-12-9(7)14-13-6/h4-5H,3H2,1-2H3,(H3,10,11,12,13,14). The number of nitrogen functional groups attached to an aromatic ring is 1. The summed E-state index contributed by atoms with van der Waals surface area (Å²) in [5.41, 5.74) is 7.43. The molecule has 0 fully saturated rings. The van der Waals surface area contributed by atoms with Crippen LogP contribution in [0.25, 0.3) is 11.0 Å². The van der Waals surface area contributed by atoms with E-state index in [-0.39, 0.29) is 0 Å². The van der Waals surface area contributed by atoms with Gasteiger partial charge in [0.15, 0.2) is 5.65 Å². The Bertz CT molecular complexity index is 445. The third kappa shape index (κ3) is 1.41.